The van der Waals surface area contributed by atoms with Gasteiger partial charge in [0.1, 0.15) is 5.82 Å². The first kappa shape index (κ1) is 22.4. The van der Waals surface area contributed by atoms with Gasteiger partial charge in [0.25, 0.3) is 0 Å². The van der Waals surface area contributed by atoms with E-state index in [1.54, 1.807) is 0 Å². The number of hydrogen-bond acceptors (Lipinski definition) is 5. The van der Waals surface area contributed by atoms with Gasteiger partial charge in [0, 0.05) is 27.4 Å². The van der Waals surface area contributed by atoms with E-state index in [2.05, 4.69) is 6.07 Å². The van der Waals surface area contributed by atoms with Gasteiger partial charge in [0.2, 0.25) is 0 Å². The normalized spacial score (nSPS) is 19.3. The highest BCUT2D eigenvalue weighted by Gasteiger charge is 2.42. The van der Waals surface area contributed by atoms with Crippen molar-refractivity contribution in [3.63, 3.8) is 0 Å². The first-order valence-corrected chi connectivity index (χ1v) is 11.3. The Morgan fingerprint density at radius 3 is 2.66 bits per heavy atom. The van der Waals surface area contributed by atoms with Crippen molar-refractivity contribution in [3.8, 4) is 6.07 Å². The van der Waals surface area contributed by atoms with Gasteiger partial charge < -0.3 is 5.73 Å². The zero-order chi connectivity index (χ0) is 23.2. The molecular weight excluding hydrogens is 459 g/mol. The van der Waals surface area contributed by atoms with Crippen LogP contribution in [0.25, 0.3) is 0 Å². The number of benzene rings is 1. The number of nitrogens with zero attached hydrogens (tertiary/aromatic N) is 2. The number of hydrogen-bond donors (Lipinski definition) is 1. The SMILES string of the molecule is CCc1ccc([C@H]2C(C#N)=C(N)N(c3cc(C(F)(F)F)ccc3Cl)C3=C2C(=O)CCC3)s1. The van der Waals surface area contributed by atoms with Crippen molar-refractivity contribution in [1.82, 2.24) is 0 Å². The van der Waals surface area contributed by atoms with Crippen LogP contribution in [0.1, 0.15) is 47.4 Å². The number of alkyl halides is 3. The molecule has 2 aliphatic rings. The summed E-state index contributed by atoms with van der Waals surface area (Å²) in [6, 6.07) is 8.91. The molecule has 0 bridgehead atoms. The van der Waals surface area contributed by atoms with E-state index in [-0.39, 0.29) is 27.9 Å². The molecule has 2 N–H and O–H groups in total. The number of thiophene rings is 1. The van der Waals surface area contributed by atoms with Crippen molar-refractivity contribution >= 4 is 34.4 Å². The third kappa shape index (κ3) is 3.70. The predicted octanol–water partition coefficient (Wildman–Crippen LogP) is 6.29. The molecular formula is C23H19ClF3N3OS. The van der Waals surface area contributed by atoms with Gasteiger partial charge in [-0.2, -0.15) is 18.4 Å². The summed E-state index contributed by atoms with van der Waals surface area (Å²) in [5, 5.41) is 10.0. The molecule has 0 spiro atoms. The van der Waals surface area contributed by atoms with E-state index in [4.69, 9.17) is 17.3 Å². The van der Waals surface area contributed by atoms with Gasteiger partial charge in [0.05, 0.1) is 33.8 Å². The summed E-state index contributed by atoms with van der Waals surface area (Å²) < 4.78 is 40.2. The van der Waals surface area contributed by atoms with Gasteiger partial charge in [-0.05, 0) is 49.6 Å². The van der Waals surface area contributed by atoms with Crippen LogP contribution in [0.4, 0.5) is 18.9 Å². The Morgan fingerprint density at radius 1 is 1.28 bits per heavy atom. The maximum Gasteiger partial charge on any atom is 0.416 e. The topological polar surface area (TPSA) is 70.1 Å². The van der Waals surface area contributed by atoms with E-state index >= 15 is 0 Å². The molecule has 2 aromatic rings. The molecule has 0 fully saturated rings. The molecule has 32 heavy (non-hydrogen) atoms. The van der Waals surface area contributed by atoms with Gasteiger partial charge >= 0.3 is 6.18 Å². The summed E-state index contributed by atoms with van der Waals surface area (Å²) in [6.45, 7) is 2.01. The van der Waals surface area contributed by atoms with Crippen LogP contribution < -0.4 is 10.6 Å². The first-order chi connectivity index (χ1) is 15.2. The molecule has 1 aliphatic carbocycles. The van der Waals surface area contributed by atoms with Crippen LogP contribution in [-0.2, 0) is 17.4 Å². The van der Waals surface area contributed by atoms with Crippen molar-refractivity contribution in [2.24, 2.45) is 5.73 Å². The Bertz CT molecular complexity index is 1210. The number of ketones is 1. The van der Waals surface area contributed by atoms with Crippen molar-refractivity contribution in [2.45, 2.75) is 44.7 Å². The lowest BCUT2D eigenvalue weighted by molar-refractivity contribution is -0.137. The van der Waals surface area contributed by atoms with Crippen molar-refractivity contribution in [3.05, 3.63) is 73.3 Å². The smallest absolute Gasteiger partial charge is 0.384 e. The largest absolute Gasteiger partial charge is 0.416 e. The Labute approximate surface area is 192 Å². The van der Waals surface area contributed by atoms with Crippen LogP contribution in [0.15, 0.2) is 53.0 Å². The van der Waals surface area contributed by atoms with E-state index in [0.717, 1.165) is 34.4 Å². The minimum absolute atomic E-state index is 0.00128. The highest BCUT2D eigenvalue weighted by Crippen LogP contribution is 2.49. The van der Waals surface area contributed by atoms with Gasteiger partial charge in [0.15, 0.2) is 5.78 Å². The lowest BCUT2D eigenvalue weighted by atomic mass is 9.78. The summed E-state index contributed by atoms with van der Waals surface area (Å²) in [4.78, 5) is 16.4. The fraction of sp³-hybridized carbons (Fsp3) is 0.304. The average Bonchev–Trinajstić information content (AvgIpc) is 3.22. The predicted molar refractivity (Wildman–Crippen MR) is 118 cm³/mol. The molecule has 0 amide bonds. The lowest BCUT2D eigenvalue weighted by Crippen LogP contribution is -2.38. The standard InChI is InChI=1S/C23H19ClF3N3OS/c1-2-13-7-9-19(32-13)20-14(11-28)22(29)30(16-4-3-5-18(31)21(16)20)17-10-12(23(25,26)27)6-8-15(17)24/h6-10,20H,2-5,29H2,1H3/t20-/m1/s1. The third-order valence-electron chi connectivity index (χ3n) is 5.74. The van der Waals surface area contributed by atoms with Crippen molar-refractivity contribution in [2.75, 3.05) is 4.90 Å². The molecule has 2 heterocycles. The number of halogens is 4. The number of rotatable bonds is 3. The molecule has 4 nitrogen and oxygen atoms in total. The van der Waals surface area contributed by atoms with Gasteiger partial charge in [-0.1, -0.05) is 18.5 Å². The lowest BCUT2D eigenvalue weighted by Gasteiger charge is -2.39. The minimum Gasteiger partial charge on any atom is -0.384 e. The third-order valence-corrected chi connectivity index (χ3v) is 7.36. The van der Waals surface area contributed by atoms with Crippen LogP contribution in [0, 0.1) is 11.3 Å². The Morgan fingerprint density at radius 2 is 2.03 bits per heavy atom. The summed E-state index contributed by atoms with van der Waals surface area (Å²) in [6.07, 6.45) is -2.48. The van der Waals surface area contributed by atoms with E-state index in [0.29, 0.717) is 30.5 Å². The van der Waals surface area contributed by atoms with E-state index < -0.39 is 17.7 Å². The first-order valence-electron chi connectivity index (χ1n) is 10.1. The second kappa shape index (κ2) is 8.30. The highest BCUT2D eigenvalue weighted by atomic mass is 35.5. The molecule has 0 radical (unpaired) electrons. The summed E-state index contributed by atoms with van der Waals surface area (Å²) in [5.41, 5.74) is 6.60. The average molecular weight is 478 g/mol. The zero-order valence-electron chi connectivity index (χ0n) is 17.1. The summed E-state index contributed by atoms with van der Waals surface area (Å²) >= 11 is 7.81. The second-order valence-electron chi connectivity index (χ2n) is 7.64. The molecule has 9 heteroatoms. The summed E-state index contributed by atoms with van der Waals surface area (Å²) in [5.74, 6) is -0.761. The highest BCUT2D eigenvalue weighted by molar-refractivity contribution is 7.12. The Kier molecular flexibility index (Phi) is 5.82. The van der Waals surface area contributed by atoms with Gasteiger partial charge in [-0.25, -0.2) is 0 Å². The van der Waals surface area contributed by atoms with Crippen LogP contribution in [0.3, 0.4) is 0 Å². The number of aryl methyl sites for hydroxylation is 1. The number of Topliss-reactive ketones (excluding diaryl/α,β-unsaturated/α-hetero) is 1. The molecule has 4 rings (SSSR count). The van der Waals surface area contributed by atoms with Crippen LogP contribution >= 0.6 is 22.9 Å². The van der Waals surface area contributed by atoms with E-state index in [1.807, 2.05) is 19.1 Å². The monoisotopic (exact) mass is 477 g/mol. The number of allylic oxidation sites excluding steroid dienone is 3. The van der Waals surface area contributed by atoms with Crippen molar-refractivity contribution in [1.29, 1.82) is 5.26 Å². The molecule has 1 aliphatic heterocycles. The molecule has 0 unspecified atom stereocenters. The van der Waals surface area contributed by atoms with Crippen molar-refractivity contribution < 1.29 is 18.0 Å². The van der Waals surface area contributed by atoms with Crippen LogP contribution in [0.5, 0.6) is 0 Å². The zero-order valence-corrected chi connectivity index (χ0v) is 18.7. The number of carbonyl (C=O) groups is 1. The second-order valence-corrected chi connectivity index (χ2v) is 9.24. The van der Waals surface area contributed by atoms with Gasteiger partial charge in [-0.3, -0.25) is 9.69 Å². The fourth-order valence-electron chi connectivity index (χ4n) is 4.25. The van der Waals surface area contributed by atoms with Gasteiger partial charge in [-0.15, -0.1) is 11.3 Å². The number of nitriles is 1. The fourth-order valence-corrected chi connectivity index (χ4v) is 5.52. The summed E-state index contributed by atoms with van der Waals surface area (Å²) in [7, 11) is 0. The Hall–Kier alpha value is -2.76. The Balaban J connectivity index is 1.97. The van der Waals surface area contributed by atoms with E-state index in [9.17, 15) is 23.2 Å². The maximum absolute atomic E-state index is 13.4. The molecule has 1 aromatic carbocycles. The minimum atomic E-state index is -4.58. The molecule has 0 saturated carbocycles. The molecule has 1 aromatic heterocycles. The van der Waals surface area contributed by atoms with E-state index in [1.165, 1.54) is 16.2 Å². The molecule has 166 valence electrons. The number of nitrogens with two attached hydrogens (primary N) is 1. The van der Waals surface area contributed by atoms with Crippen LogP contribution in [0.2, 0.25) is 5.02 Å². The van der Waals surface area contributed by atoms with Crippen LogP contribution in [-0.4, -0.2) is 5.78 Å². The number of carbonyl (C=O) groups excluding carboxylic acids is 1. The number of anilines is 1. The quantitative estimate of drug-likeness (QED) is 0.564. The molecule has 0 saturated heterocycles. The molecule has 1 atom stereocenters. The maximum atomic E-state index is 13.4.